The summed E-state index contributed by atoms with van der Waals surface area (Å²) < 4.78 is 4.65. The zero-order valence-corrected chi connectivity index (χ0v) is 11.0. The number of hydrogen-bond acceptors (Lipinski definition) is 4. The van der Waals surface area contributed by atoms with E-state index in [1.165, 1.54) is 12.7 Å². The van der Waals surface area contributed by atoms with E-state index < -0.39 is 0 Å². The molecule has 98 valence electrons. The highest BCUT2D eigenvalue weighted by Gasteiger charge is 2.04. The average molecular weight is 256 g/mol. The normalized spacial score (nSPS) is 10.0. The van der Waals surface area contributed by atoms with Crippen molar-refractivity contribution >= 4 is 11.7 Å². The van der Waals surface area contributed by atoms with E-state index in [4.69, 9.17) is 0 Å². The van der Waals surface area contributed by atoms with E-state index in [1.54, 1.807) is 18.3 Å². The van der Waals surface area contributed by atoms with Crippen LogP contribution in [0.15, 0.2) is 42.7 Å². The summed E-state index contributed by atoms with van der Waals surface area (Å²) in [5.74, 6) is -0.324. The van der Waals surface area contributed by atoms with E-state index in [2.05, 4.69) is 22.0 Å². The van der Waals surface area contributed by atoms with Crippen LogP contribution in [0.5, 0.6) is 0 Å². The topological polar surface area (TPSA) is 51.2 Å². The number of hydrogen-bond donors (Lipinski definition) is 1. The maximum Gasteiger partial charge on any atom is 0.337 e. The molecule has 19 heavy (non-hydrogen) atoms. The van der Waals surface area contributed by atoms with Gasteiger partial charge in [0.05, 0.1) is 12.7 Å². The van der Waals surface area contributed by atoms with Crippen LogP contribution >= 0.6 is 0 Å². The number of esters is 1. The number of ether oxygens (including phenoxy) is 1. The predicted molar refractivity (Wildman–Crippen MR) is 74.1 cm³/mol. The van der Waals surface area contributed by atoms with Crippen LogP contribution in [0.4, 0.5) is 5.69 Å². The second-order valence-corrected chi connectivity index (χ2v) is 4.22. The number of nitrogens with one attached hydrogen (secondary N) is 1. The second kappa shape index (κ2) is 6.00. The number of aryl methyl sites for hydroxylation is 1. The Morgan fingerprint density at radius 3 is 2.63 bits per heavy atom. The Hall–Kier alpha value is -2.36. The minimum absolute atomic E-state index is 0.324. The first kappa shape index (κ1) is 13.1. The Morgan fingerprint density at radius 2 is 2.00 bits per heavy atom. The van der Waals surface area contributed by atoms with Gasteiger partial charge in [-0.2, -0.15) is 0 Å². The van der Waals surface area contributed by atoms with Crippen LogP contribution in [0.25, 0.3) is 0 Å². The van der Waals surface area contributed by atoms with E-state index in [0.29, 0.717) is 12.1 Å². The molecule has 4 nitrogen and oxygen atoms in total. The SMILES string of the molecule is COC(=O)c1ccc(NCc2cnccc2C)cc1. The number of methoxy groups -OCH3 is 1. The highest BCUT2D eigenvalue weighted by Crippen LogP contribution is 2.13. The Kier molecular flexibility index (Phi) is 4.13. The number of nitrogens with zero attached hydrogens (tertiary/aromatic N) is 1. The number of benzene rings is 1. The molecule has 0 bridgehead atoms. The fraction of sp³-hybridized carbons (Fsp3) is 0.200. The smallest absolute Gasteiger partial charge is 0.337 e. The zero-order chi connectivity index (χ0) is 13.7. The van der Waals surface area contributed by atoms with Crippen molar-refractivity contribution in [3.05, 3.63) is 59.4 Å². The van der Waals surface area contributed by atoms with E-state index in [0.717, 1.165) is 11.3 Å². The molecule has 0 aliphatic carbocycles. The maximum absolute atomic E-state index is 11.3. The Labute approximate surface area is 112 Å². The Bertz CT molecular complexity index is 565. The number of aromatic nitrogens is 1. The molecule has 0 saturated heterocycles. The van der Waals surface area contributed by atoms with Crippen molar-refractivity contribution < 1.29 is 9.53 Å². The molecule has 2 aromatic rings. The van der Waals surface area contributed by atoms with Crippen LogP contribution in [0, 0.1) is 6.92 Å². The summed E-state index contributed by atoms with van der Waals surface area (Å²) in [6.45, 7) is 2.76. The third-order valence-corrected chi connectivity index (χ3v) is 2.94. The van der Waals surface area contributed by atoms with Gasteiger partial charge in [-0.15, -0.1) is 0 Å². The quantitative estimate of drug-likeness (QED) is 0.855. The van der Waals surface area contributed by atoms with Crippen LogP contribution in [0.1, 0.15) is 21.5 Å². The first-order chi connectivity index (χ1) is 9.20. The lowest BCUT2D eigenvalue weighted by Crippen LogP contribution is -2.03. The number of carbonyl (C=O) groups is 1. The van der Waals surface area contributed by atoms with Crippen molar-refractivity contribution in [2.45, 2.75) is 13.5 Å². The molecule has 2 rings (SSSR count). The van der Waals surface area contributed by atoms with E-state index in [1.807, 2.05) is 24.4 Å². The molecule has 0 saturated carbocycles. The van der Waals surface area contributed by atoms with Gasteiger partial charge in [0.25, 0.3) is 0 Å². The molecule has 1 N–H and O–H groups in total. The van der Waals surface area contributed by atoms with Gasteiger partial charge in [-0.25, -0.2) is 4.79 Å². The van der Waals surface area contributed by atoms with Crippen molar-refractivity contribution in [2.75, 3.05) is 12.4 Å². The van der Waals surface area contributed by atoms with Crippen LogP contribution in [-0.2, 0) is 11.3 Å². The van der Waals surface area contributed by atoms with Gasteiger partial charge in [0.15, 0.2) is 0 Å². The molecule has 0 atom stereocenters. The maximum atomic E-state index is 11.3. The summed E-state index contributed by atoms with van der Waals surface area (Å²) in [6, 6.07) is 9.18. The lowest BCUT2D eigenvalue weighted by molar-refractivity contribution is 0.0601. The number of carbonyl (C=O) groups excluding carboxylic acids is 1. The summed E-state index contributed by atoms with van der Waals surface area (Å²) in [5, 5.41) is 3.29. The van der Waals surface area contributed by atoms with Gasteiger partial charge in [-0.1, -0.05) is 0 Å². The molecule has 0 amide bonds. The molecule has 0 fully saturated rings. The molecule has 1 heterocycles. The minimum Gasteiger partial charge on any atom is -0.465 e. The number of anilines is 1. The molecule has 0 aliphatic rings. The Morgan fingerprint density at radius 1 is 1.26 bits per heavy atom. The van der Waals surface area contributed by atoms with Crippen molar-refractivity contribution in [3.8, 4) is 0 Å². The lowest BCUT2D eigenvalue weighted by Gasteiger charge is -2.08. The molecule has 0 radical (unpaired) electrons. The van der Waals surface area contributed by atoms with Crippen molar-refractivity contribution in [1.82, 2.24) is 4.98 Å². The summed E-state index contributed by atoms with van der Waals surface area (Å²) in [4.78, 5) is 15.4. The number of rotatable bonds is 4. The van der Waals surface area contributed by atoms with Gasteiger partial charge in [0, 0.05) is 24.6 Å². The van der Waals surface area contributed by atoms with Gasteiger partial charge >= 0.3 is 5.97 Å². The molecular formula is C15H16N2O2. The van der Waals surface area contributed by atoms with Crippen LogP contribution < -0.4 is 5.32 Å². The van der Waals surface area contributed by atoms with Crippen LogP contribution in [0.3, 0.4) is 0 Å². The highest BCUT2D eigenvalue weighted by molar-refractivity contribution is 5.89. The van der Waals surface area contributed by atoms with Gasteiger partial charge in [0.2, 0.25) is 0 Å². The lowest BCUT2D eigenvalue weighted by atomic mass is 10.1. The molecule has 0 spiro atoms. The van der Waals surface area contributed by atoms with Crippen molar-refractivity contribution in [2.24, 2.45) is 0 Å². The largest absolute Gasteiger partial charge is 0.465 e. The van der Waals surface area contributed by atoms with Gasteiger partial charge in [-0.05, 0) is 48.4 Å². The van der Waals surface area contributed by atoms with Crippen molar-refractivity contribution in [3.63, 3.8) is 0 Å². The highest BCUT2D eigenvalue weighted by atomic mass is 16.5. The monoisotopic (exact) mass is 256 g/mol. The van der Waals surface area contributed by atoms with E-state index in [-0.39, 0.29) is 5.97 Å². The summed E-state index contributed by atoms with van der Waals surface area (Å²) in [6.07, 6.45) is 3.63. The molecule has 4 heteroatoms. The van der Waals surface area contributed by atoms with Crippen molar-refractivity contribution in [1.29, 1.82) is 0 Å². The summed E-state index contributed by atoms with van der Waals surface area (Å²) in [5.41, 5.74) is 3.86. The Balaban J connectivity index is 2.01. The third-order valence-electron chi connectivity index (χ3n) is 2.94. The fourth-order valence-electron chi connectivity index (χ4n) is 1.72. The molecule has 0 aliphatic heterocycles. The average Bonchev–Trinajstić information content (AvgIpc) is 2.46. The third kappa shape index (κ3) is 3.31. The predicted octanol–water partition coefficient (Wildman–Crippen LogP) is 2.79. The van der Waals surface area contributed by atoms with E-state index >= 15 is 0 Å². The molecular weight excluding hydrogens is 240 g/mol. The van der Waals surface area contributed by atoms with Gasteiger partial charge in [0.1, 0.15) is 0 Å². The minimum atomic E-state index is -0.324. The zero-order valence-electron chi connectivity index (χ0n) is 11.0. The van der Waals surface area contributed by atoms with Gasteiger partial charge in [-0.3, -0.25) is 4.98 Å². The molecule has 1 aromatic carbocycles. The molecule has 1 aromatic heterocycles. The summed E-state index contributed by atoms with van der Waals surface area (Å²) in [7, 11) is 1.37. The first-order valence-electron chi connectivity index (χ1n) is 6.02. The standard InChI is InChI=1S/C15H16N2O2/c1-11-7-8-16-9-13(11)10-17-14-5-3-12(4-6-14)15(18)19-2/h3-9,17H,10H2,1-2H3. The second-order valence-electron chi connectivity index (χ2n) is 4.22. The first-order valence-corrected chi connectivity index (χ1v) is 6.02. The van der Waals surface area contributed by atoms with Crippen LogP contribution in [-0.4, -0.2) is 18.1 Å². The van der Waals surface area contributed by atoms with E-state index in [9.17, 15) is 4.79 Å². The molecule has 0 unspecified atom stereocenters. The summed E-state index contributed by atoms with van der Waals surface area (Å²) >= 11 is 0. The number of pyridine rings is 1. The van der Waals surface area contributed by atoms with Gasteiger partial charge < -0.3 is 10.1 Å². The van der Waals surface area contributed by atoms with Crippen LogP contribution in [0.2, 0.25) is 0 Å². The fourth-order valence-corrected chi connectivity index (χ4v) is 1.72.